The van der Waals surface area contributed by atoms with Crippen molar-refractivity contribution in [1.82, 2.24) is 9.55 Å². The van der Waals surface area contributed by atoms with Crippen molar-refractivity contribution in [2.45, 2.75) is 13.5 Å². The van der Waals surface area contributed by atoms with E-state index in [2.05, 4.69) is 10.3 Å². The van der Waals surface area contributed by atoms with Gasteiger partial charge in [0.2, 0.25) is 11.8 Å². The van der Waals surface area contributed by atoms with Crippen molar-refractivity contribution in [3.05, 3.63) is 86.8 Å². The van der Waals surface area contributed by atoms with Crippen molar-refractivity contribution in [3.8, 4) is 0 Å². The van der Waals surface area contributed by atoms with Crippen molar-refractivity contribution >= 4 is 23.2 Å². The van der Waals surface area contributed by atoms with E-state index >= 15 is 0 Å². The van der Waals surface area contributed by atoms with Crippen LogP contribution in [0.4, 0.5) is 20.4 Å². The third-order valence-corrected chi connectivity index (χ3v) is 4.14. The number of halogens is 3. The monoisotopic (exact) mass is 361 g/mol. The van der Waals surface area contributed by atoms with Gasteiger partial charge in [-0.25, -0.2) is 4.39 Å². The lowest BCUT2D eigenvalue weighted by Gasteiger charge is -2.16. The predicted molar refractivity (Wildman–Crippen MR) is 93.4 cm³/mol. The first kappa shape index (κ1) is 17.1. The van der Waals surface area contributed by atoms with Gasteiger partial charge in [0.05, 0.1) is 6.54 Å². The highest BCUT2D eigenvalue weighted by Crippen LogP contribution is 2.25. The van der Waals surface area contributed by atoms with Crippen LogP contribution in [0.5, 0.6) is 0 Å². The van der Waals surface area contributed by atoms with Crippen LogP contribution in [0.15, 0.2) is 53.5 Å². The molecule has 4 nitrogen and oxygen atoms in total. The molecule has 0 saturated heterocycles. The fourth-order valence-electron chi connectivity index (χ4n) is 2.34. The van der Waals surface area contributed by atoms with Crippen molar-refractivity contribution in [2.24, 2.45) is 0 Å². The van der Waals surface area contributed by atoms with Gasteiger partial charge < -0.3 is 9.88 Å². The summed E-state index contributed by atoms with van der Waals surface area (Å²) in [5.41, 5.74) is 1.20. The molecule has 1 aromatic heterocycles. The molecule has 0 fully saturated rings. The molecule has 0 saturated carbocycles. The zero-order chi connectivity index (χ0) is 18.0. The topological polar surface area (TPSA) is 46.9 Å². The van der Waals surface area contributed by atoms with Crippen LogP contribution in [0, 0.1) is 18.6 Å². The lowest BCUT2D eigenvalue weighted by molar-refractivity contribution is 0.578. The van der Waals surface area contributed by atoms with E-state index in [9.17, 15) is 13.6 Å². The zero-order valence-corrected chi connectivity index (χ0v) is 14.0. The molecule has 2 aromatic carbocycles. The molecule has 128 valence electrons. The highest BCUT2D eigenvalue weighted by atomic mass is 35.5. The van der Waals surface area contributed by atoms with Gasteiger partial charge in [-0.05, 0) is 42.3 Å². The van der Waals surface area contributed by atoms with Crippen LogP contribution in [0.25, 0.3) is 0 Å². The standard InChI is InChI=1S/C18H14ClF2N3O/c1-11-14(19)3-2-4-16(11)22-18-23-17(25)15(21)10-24(18)9-12-5-7-13(20)8-6-12/h2-8,10H,9H2,1H3,(H,22,23,25). The predicted octanol–water partition coefficient (Wildman–Crippen LogP) is 4.28. The second kappa shape index (κ2) is 7.03. The Balaban J connectivity index is 2.00. The lowest BCUT2D eigenvalue weighted by Crippen LogP contribution is -2.20. The molecule has 1 N–H and O–H groups in total. The normalized spacial score (nSPS) is 10.7. The molecule has 0 unspecified atom stereocenters. The Bertz CT molecular complexity index is 971. The average Bonchev–Trinajstić information content (AvgIpc) is 2.58. The molecule has 0 bridgehead atoms. The minimum atomic E-state index is -0.963. The Morgan fingerprint density at radius 1 is 1.16 bits per heavy atom. The van der Waals surface area contributed by atoms with Gasteiger partial charge in [0.1, 0.15) is 5.82 Å². The fraction of sp³-hybridized carbons (Fsp3) is 0.111. The molecule has 3 aromatic rings. The maximum Gasteiger partial charge on any atom is 0.310 e. The number of hydrogen-bond acceptors (Lipinski definition) is 3. The molecule has 0 aliphatic heterocycles. The van der Waals surface area contributed by atoms with Gasteiger partial charge in [0, 0.05) is 16.9 Å². The number of nitrogens with zero attached hydrogens (tertiary/aromatic N) is 2. The third kappa shape index (κ3) is 3.85. The van der Waals surface area contributed by atoms with Gasteiger partial charge in [0.15, 0.2) is 0 Å². The van der Waals surface area contributed by atoms with Gasteiger partial charge >= 0.3 is 5.56 Å². The Morgan fingerprint density at radius 3 is 2.60 bits per heavy atom. The first-order valence-electron chi connectivity index (χ1n) is 7.47. The fourth-order valence-corrected chi connectivity index (χ4v) is 2.51. The van der Waals surface area contributed by atoms with E-state index in [0.717, 1.165) is 17.3 Å². The Kier molecular flexibility index (Phi) is 4.81. The van der Waals surface area contributed by atoms with E-state index in [0.29, 0.717) is 10.7 Å². The highest BCUT2D eigenvalue weighted by molar-refractivity contribution is 6.31. The highest BCUT2D eigenvalue weighted by Gasteiger charge is 2.11. The van der Waals surface area contributed by atoms with Crippen LogP contribution < -0.4 is 10.9 Å². The summed E-state index contributed by atoms with van der Waals surface area (Å²) in [5.74, 6) is -1.16. The van der Waals surface area contributed by atoms with Crippen LogP contribution in [0.2, 0.25) is 5.02 Å². The third-order valence-electron chi connectivity index (χ3n) is 3.73. The number of hydrogen-bond donors (Lipinski definition) is 1. The van der Waals surface area contributed by atoms with Crippen molar-refractivity contribution < 1.29 is 8.78 Å². The Morgan fingerprint density at radius 2 is 1.88 bits per heavy atom. The molecular formula is C18H14ClF2N3O. The Labute approximate surface area is 147 Å². The molecular weight excluding hydrogens is 348 g/mol. The van der Waals surface area contributed by atoms with Crippen molar-refractivity contribution in [1.29, 1.82) is 0 Å². The second-order valence-corrected chi connectivity index (χ2v) is 5.92. The number of rotatable bonds is 4. The molecule has 0 amide bonds. The number of benzene rings is 2. The van der Waals surface area contributed by atoms with Crippen LogP contribution in [0.3, 0.4) is 0 Å². The summed E-state index contributed by atoms with van der Waals surface area (Å²) >= 11 is 6.10. The average molecular weight is 362 g/mol. The quantitative estimate of drug-likeness (QED) is 0.754. The van der Waals surface area contributed by atoms with Gasteiger partial charge in [-0.3, -0.25) is 4.79 Å². The Hall–Kier alpha value is -2.73. The largest absolute Gasteiger partial charge is 0.325 e. The molecule has 0 aliphatic carbocycles. The van der Waals surface area contributed by atoms with Crippen LogP contribution in [0.1, 0.15) is 11.1 Å². The first-order chi connectivity index (χ1) is 11.9. The minimum Gasteiger partial charge on any atom is -0.325 e. The van der Waals surface area contributed by atoms with Crippen LogP contribution in [-0.2, 0) is 6.54 Å². The maximum absolute atomic E-state index is 13.7. The van der Waals surface area contributed by atoms with E-state index in [1.54, 1.807) is 30.3 Å². The van der Waals surface area contributed by atoms with E-state index in [1.165, 1.54) is 16.7 Å². The van der Waals surface area contributed by atoms with Gasteiger partial charge in [-0.2, -0.15) is 9.37 Å². The molecule has 0 aliphatic rings. The number of nitrogens with one attached hydrogen (secondary N) is 1. The maximum atomic E-state index is 13.7. The summed E-state index contributed by atoms with van der Waals surface area (Å²) in [6.07, 6.45) is 1.07. The molecule has 1 heterocycles. The molecule has 7 heteroatoms. The van der Waals surface area contributed by atoms with E-state index < -0.39 is 11.4 Å². The van der Waals surface area contributed by atoms with E-state index in [4.69, 9.17) is 11.6 Å². The van der Waals surface area contributed by atoms with E-state index in [1.807, 2.05) is 6.92 Å². The second-order valence-electron chi connectivity index (χ2n) is 5.51. The lowest BCUT2D eigenvalue weighted by atomic mass is 10.2. The summed E-state index contributed by atoms with van der Waals surface area (Å²) in [7, 11) is 0. The van der Waals surface area contributed by atoms with E-state index in [-0.39, 0.29) is 18.3 Å². The van der Waals surface area contributed by atoms with Crippen LogP contribution in [-0.4, -0.2) is 9.55 Å². The number of anilines is 2. The summed E-state index contributed by atoms with van der Waals surface area (Å²) < 4.78 is 28.2. The van der Waals surface area contributed by atoms with Gasteiger partial charge in [-0.15, -0.1) is 0 Å². The van der Waals surface area contributed by atoms with Crippen LogP contribution >= 0.6 is 11.6 Å². The minimum absolute atomic E-state index is 0.168. The summed E-state index contributed by atoms with van der Waals surface area (Å²) in [5, 5.41) is 3.56. The SMILES string of the molecule is Cc1c(Cl)cccc1Nc1nc(=O)c(F)cn1Cc1ccc(F)cc1. The summed E-state index contributed by atoms with van der Waals surface area (Å²) in [6.45, 7) is 2.03. The molecule has 25 heavy (non-hydrogen) atoms. The summed E-state index contributed by atoms with van der Waals surface area (Å²) in [6, 6.07) is 11.1. The zero-order valence-electron chi connectivity index (χ0n) is 13.3. The summed E-state index contributed by atoms with van der Waals surface area (Å²) in [4.78, 5) is 15.4. The molecule has 0 spiro atoms. The van der Waals surface area contributed by atoms with Gasteiger partial charge in [0.25, 0.3) is 0 Å². The van der Waals surface area contributed by atoms with Crippen molar-refractivity contribution in [2.75, 3.05) is 5.32 Å². The number of aromatic nitrogens is 2. The molecule has 3 rings (SSSR count). The molecule has 0 radical (unpaired) electrons. The van der Waals surface area contributed by atoms with Gasteiger partial charge in [-0.1, -0.05) is 29.8 Å². The smallest absolute Gasteiger partial charge is 0.310 e. The first-order valence-corrected chi connectivity index (χ1v) is 7.85. The van der Waals surface area contributed by atoms with Crippen molar-refractivity contribution in [3.63, 3.8) is 0 Å². The molecule has 0 atom stereocenters.